The van der Waals surface area contributed by atoms with Crippen molar-refractivity contribution >= 4 is 21.7 Å². The summed E-state index contributed by atoms with van der Waals surface area (Å²) in [6, 6.07) is 7.53. The average Bonchev–Trinajstić information content (AvgIpc) is 2.29. The van der Waals surface area contributed by atoms with Crippen molar-refractivity contribution < 1.29 is 12.6 Å². The second kappa shape index (κ2) is 4.91. The summed E-state index contributed by atoms with van der Waals surface area (Å²) in [7, 11) is -3.90. The van der Waals surface area contributed by atoms with Gasteiger partial charge in [-0.05, 0) is 19.1 Å². The lowest BCUT2D eigenvalue weighted by Crippen LogP contribution is -2.10. The van der Waals surface area contributed by atoms with E-state index in [0.717, 1.165) is 11.9 Å². The van der Waals surface area contributed by atoms with Crippen LogP contribution in [-0.2, 0) is 10.1 Å². The van der Waals surface area contributed by atoms with Crippen LogP contribution >= 0.6 is 11.6 Å². The Morgan fingerprint density at radius 1 is 1.17 bits per heavy atom. The van der Waals surface area contributed by atoms with E-state index in [4.69, 9.17) is 15.8 Å². The number of benzene rings is 1. The normalized spacial score (nSPS) is 11.2. The molecule has 1 aromatic heterocycles. The summed E-state index contributed by atoms with van der Waals surface area (Å²) < 4.78 is 28.6. The van der Waals surface area contributed by atoms with Gasteiger partial charge in [0, 0.05) is 6.07 Å². The Balaban J connectivity index is 2.30. The molecule has 0 saturated heterocycles. The number of aromatic nitrogens is 2. The van der Waals surface area contributed by atoms with E-state index in [9.17, 15) is 8.42 Å². The average molecular weight is 285 g/mol. The summed E-state index contributed by atoms with van der Waals surface area (Å²) in [6.45, 7) is 1.86. The molecule has 0 aliphatic carbocycles. The third-order valence-corrected chi connectivity index (χ3v) is 3.56. The Labute approximate surface area is 110 Å². The van der Waals surface area contributed by atoms with Crippen molar-refractivity contribution in [1.29, 1.82) is 0 Å². The highest BCUT2D eigenvalue weighted by atomic mass is 35.5. The van der Waals surface area contributed by atoms with Gasteiger partial charge < -0.3 is 4.18 Å². The molecule has 0 amide bonds. The maximum absolute atomic E-state index is 11.9. The van der Waals surface area contributed by atoms with E-state index in [-0.39, 0.29) is 15.9 Å². The molecule has 0 bridgehead atoms. The van der Waals surface area contributed by atoms with Gasteiger partial charge in [-0.1, -0.05) is 29.3 Å². The minimum atomic E-state index is -3.90. The standard InChI is InChI=1S/C11H9ClN2O3S/c1-8-2-4-9(5-3-8)18(15,16)17-11-6-10(12)13-7-14-11/h2-7H,1H3. The molecule has 0 unspecified atom stereocenters. The lowest BCUT2D eigenvalue weighted by Gasteiger charge is -2.06. The second-order valence-electron chi connectivity index (χ2n) is 3.53. The van der Waals surface area contributed by atoms with Crippen molar-refractivity contribution in [1.82, 2.24) is 9.97 Å². The van der Waals surface area contributed by atoms with Gasteiger partial charge in [0.05, 0.1) is 0 Å². The third kappa shape index (κ3) is 2.96. The van der Waals surface area contributed by atoms with Crippen molar-refractivity contribution in [3.05, 3.63) is 47.4 Å². The predicted molar refractivity (Wildman–Crippen MR) is 66.0 cm³/mol. The number of hydrogen-bond acceptors (Lipinski definition) is 5. The highest BCUT2D eigenvalue weighted by molar-refractivity contribution is 7.87. The molecular weight excluding hydrogens is 276 g/mol. The van der Waals surface area contributed by atoms with Crippen molar-refractivity contribution in [2.45, 2.75) is 11.8 Å². The van der Waals surface area contributed by atoms with E-state index < -0.39 is 10.1 Å². The van der Waals surface area contributed by atoms with Crippen LogP contribution in [0.4, 0.5) is 0 Å². The zero-order valence-corrected chi connectivity index (χ0v) is 10.9. The molecule has 0 radical (unpaired) electrons. The summed E-state index contributed by atoms with van der Waals surface area (Å²) >= 11 is 5.61. The van der Waals surface area contributed by atoms with Gasteiger partial charge in [-0.2, -0.15) is 8.42 Å². The van der Waals surface area contributed by atoms with E-state index in [1.807, 2.05) is 6.92 Å². The number of halogens is 1. The van der Waals surface area contributed by atoms with Crippen LogP contribution in [0.2, 0.25) is 5.15 Å². The second-order valence-corrected chi connectivity index (χ2v) is 5.46. The quantitative estimate of drug-likeness (QED) is 0.638. The summed E-state index contributed by atoms with van der Waals surface area (Å²) in [5.74, 6) is -0.115. The Morgan fingerprint density at radius 3 is 2.44 bits per heavy atom. The van der Waals surface area contributed by atoms with Gasteiger partial charge in [0.2, 0.25) is 5.88 Å². The van der Waals surface area contributed by atoms with E-state index in [0.29, 0.717) is 0 Å². The molecular formula is C11H9ClN2O3S. The van der Waals surface area contributed by atoms with E-state index in [2.05, 4.69) is 9.97 Å². The lowest BCUT2D eigenvalue weighted by atomic mass is 10.2. The minimum absolute atomic E-state index is 0.0582. The molecule has 0 N–H and O–H groups in total. The zero-order chi connectivity index (χ0) is 13.2. The van der Waals surface area contributed by atoms with Crippen molar-refractivity contribution in [2.24, 2.45) is 0 Å². The molecule has 2 rings (SSSR count). The Bertz CT molecular complexity index is 656. The molecule has 2 aromatic rings. The van der Waals surface area contributed by atoms with Gasteiger partial charge in [0.1, 0.15) is 16.4 Å². The van der Waals surface area contributed by atoms with Gasteiger partial charge in [-0.15, -0.1) is 0 Å². The van der Waals surface area contributed by atoms with E-state index >= 15 is 0 Å². The Kier molecular flexibility index (Phi) is 3.49. The zero-order valence-electron chi connectivity index (χ0n) is 9.37. The molecule has 0 atom stereocenters. The molecule has 1 aromatic carbocycles. The lowest BCUT2D eigenvalue weighted by molar-refractivity contribution is 0.475. The fourth-order valence-electron chi connectivity index (χ4n) is 1.23. The summed E-state index contributed by atoms with van der Waals surface area (Å²) in [4.78, 5) is 7.36. The number of nitrogens with zero attached hydrogens (tertiary/aromatic N) is 2. The van der Waals surface area contributed by atoms with Crippen LogP contribution < -0.4 is 4.18 Å². The highest BCUT2D eigenvalue weighted by Crippen LogP contribution is 2.18. The third-order valence-electron chi connectivity index (χ3n) is 2.11. The van der Waals surface area contributed by atoms with Gasteiger partial charge in [-0.25, -0.2) is 9.97 Å². The molecule has 94 valence electrons. The maximum Gasteiger partial charge on any atom is 0.340 e. The molecule has 0 spiro atoms. The fourth-order valence-corrected chi connectivity index (χ4v) is 2.25. The van der Waals surface area contributed by atoms with Crippen molar-refractivity contribution in [2.75, 3.05) is 0 Å². The monoisotopic (exact) mass is 284 g/mol. The van der Waals surface area contributed by atoms with Crippen molar-refractivity contribution in [3.63, 3.8) is 0 Å². The van der Waals surface area contributed by atoms with Gasteiger partial charge >= 0.3 is 10.1 Å². The van der Waals surface area contributed by atoms with E-state index in [1.54, 1.807) is 12.1 Å². The van der Waals surface area contributed by atoms with Crippen LogP contribution in [0, 0.1) is 6.92 Å². The first-order valence-electron chi connectivity index (χ1n) is 4.96. The number of rotatable bonds is 3. The molecule has 5 nitrogen and oxygen atoms in total. The predicted octanol–water partition coefficient (Wildman–Crippen LogP) is 2.21. The Morgan fingerprint density at radius 2 is 1.83 bits per heavy atom. The van der Waals surface area contributed by atoms with Crippen LogP contribution in [0.1, 0.15) is 5.56 Å². The van der Waals surface area contributed by atoms with Crippen LogP contribution in [-0.4, -0.2) is 18.4 Å². The summed E-state index contributed by atoms with van der Waals surface area (Å²) in [5, 5.41) is 0.110. The smallest absolute Gasteiger partial charge is 0.340 e. The first-order chi connectivity index (χ1) is 8.47. The van der Waals surface area contributed by atoms with Gasteiger partial charge in [0.15, 0.2) is 0 Å². The number of aryl methyl sites for hydroxylation is 1. The molecule has 0 saturated carbocycles. The summed E-state index contributed by atoms with van der Waals surface area (Å²) in [6.07, 6.45) is 1.13. The van der Waals surface area contributed by atoms with Crippen LogP contribution in [0.5, 0.6) is 5.88 Å². The Hall–Kier alpha value is -1.66. The molecule has 0 aliphatic heterocycles. The fraction of sp³-hybridized carbons (Fsp3) is 0.0909. The maximum atomic E-state index is 11.9. The van der Waals surface area contributed by atoms with Gasteiger partial charge in [-0.3, -0.25) is 0 Å². The van der Waals surface area contributed by atoms with Crippen LogP contribution in [0.3, 0.4) is 0 Å². The molecule has 18 heavy (non-hydrogen) atoms. The van der Waals surface area contributed by atoms with Crippen molar-refractivity contribution in [3.8, 4) is 5.88 Å². The van der Waals surface area contributed by atoms with Crippen LogP contribution in [0.25, 0.3) is 0 Å². The highest BCUT2D eigenvalue weighted by Gasteiger charge is 2.17. The largest absolute Gasteiger partial charge is 0.358 e. The SMILES string of the molecule is Cc1ccc(S(=O)(=O)Oc2cc(Cl)ncn2)cc1. The molecule has 1 heterocycles. The molecule has 0 aliphatic rings. The first kappa shape index (κ1) is 12.8. The molecule has 0 fully saturated rings. The molecule has 7 heteroatoms. The van der Waals surface area contributed by atoms with Crippen LogP contribution in [0.15, 0.2) is 41.6 Å². The summed E-state index contributed by atoms with van der Waals surface area (Å²) in [5.41, 5.74) is 0.957. The van der Waals surface area contributed by atoms with E-state index in [1.165, 1.54) is 18.2 Å². The minimum Gasteiger partial charge on any atom is -0.358 e. The topological polar surface area (TPSA) is 69.2 Å². The first-order valence-corrected chi connectivity index (χ1v) is 6.75. The van der Waals surface area contributed by atoms with Gasteiger partial charge in [0.25, 0.3) is 0 Å². The number of hydrogen-bond donors (Lipinski definition) is 0.